The molecule has 0 saturated heterocycles. The van der Waals surface area contributed by atoms with Crippen LogP contribution in [-0.4, -0.2) is 19.7 Å². The summed E-state index contributed by atoms with van der Waals surface area (Å²) in [5.74, 6) is 2.34. The predicted molar refractivity (Wildman–Crippen MR) is 83.4 cm³/mol. The zero-order valence-corrected chi connectivity index (χ0v) is 12.9. The highest BCUT2D eigenvalue weighted by molar-refractivity contribution is 5.52. The first-order valence-corrected chi connectivity index (χ1v) is 7.49. The molecule has 1 aliphatic rings. The van der Waals surface area contributed by atoms with Crippen LogP contribution in [0.15, 0.2) is 24.7 Å². The summed E-state index contributed by atoms with van der Waals surface area (Å²) in [7, 11) is 0. The van der Waals surface area contributed by atoms with E-state index in [1.165, 1.54) is 18.5 Å². The van der Waals surface area contributed by atoms with Gasteiger partial charge in [0.15, 0.2) is 0 Å². The van der Waals surface area contributed by atoms with E-state index in [4.69, 9.17) is 5.10 Å². The summed E-state index contributed by atoms with van der Waals surface area (Å²) < 4.78 is 2.06. The molecule has 0 aromatic carbocycles. The zero-order chi connectivity index (χ0) is 14.9. The molecule has 5 nitrogen and oxygen atoms in total. The molecule has 1 radical (unpaired) electrons. The maximum absolute atomic E-state index is 4.85. The van der Waals surface area contributed by atoms with Gasteiger partial charge in [-0.3, -0.25) is 0 Å². The predicted octanol–water partition coefficient (Wildman–Crippen LogP) is 3.64. The van der Waals surface area contributed by atoms with Crippen LogP contribution in [0.4, 0.5) is 11.6 Å². The highest BCUT2D eigenvalue weighted by Gasteiger charge is 2.25. The van der Waals surface area contributed by atoms with E-state index in [1.807, 2.05) is 6.07 Å². The molecule has 2 aromatic rings. The van der Waals surface area contributed by atoms with Crippen molar-refractivity contribution in [3.63, 3.8) is 0 Å². The summed E-state index contributed by atoms with van der Waals surface area (Å²) in [5, 5.41) is 8.21. The first-order chi connectivity index (χ1) is 10.0. The van der Waals surface area contributed by atoms with Crippen molar-refractivity contribution in [1.29, 1.82) is 0 Å². The molecule has 0 aliphatic heterocycles. The van der Waals surface area contributed by atoms with Crippen molar-refractivity contribution < 1.29 is 0 Å². The first-order valence-electron chi connectivity index (χ1n) is 7.49. The molecular formula is C16H22N5. The minimum atomic E-state index is -0.0735. The van der Waals surface area contributed by atoms with Gasteiger partial charge in [0.1, 0.15) is 18.0 Å². The molecule has 0 spiro atoms. The minimum Gasteiger partial charge on any atom is -0.325 e. The van der Waals surface area contributed by atoms with E-state index in [0.29, 0.717) is 5.92 Å². The van der Waals surface area contributed by atoms with Crippen LogP contribution in [0.5, 0.6) is 0 Å². The molecule has 3 rings (SSSR count). The summed E-state index contributed by atoms with van der Waals surface area (Å²) in [5.41, 5.74) is 1.10. The fourth-order valence-electron chi connectivity index (χ4n) is 2.72. The molecular weight excluding hydrogens is 262 g/mol. The molecule has 2 heterocycles. The van der Waals surface area contributed by atoms with E-state index in [-0.39, 0.29) is 5.54 Å². The average Bonchev–Trinajstić information content (AvgIpc) is 3.07. The van der Waals surface area contributed by atoms with Crippen LogP contribution in [0.3, 0.4) is 0 Å². The molecule has 1 saturated carbocycles. The molecule has 0 amide bonds. The fraction of sp³-hybridized carbons (Fsp3) is 0.500. The lowest BCUT2D eigenvalue weighted by atomic mass is 10.0. The molecule has 1 atom stereocenters. The van der Waals surface area contributed by atoms with Gasteiger partial charge in [0.25, 0.3) is 0 Å². The van der Waals surface area contributed by atoms with E-state index in [2.05, 4.69) is 53.2 Å². The number of hydrogen-bond acceptors (Lipinski definition) is 4. The molecule has 5 heteroatoms. The van der Waals surface area contributed by atoms with Crippen LogP contribution >= 0.6 is 0 Å². The molecule has 21 heavy (non-hydrogen) atoms. The second kappa shape index (κ2) is 5.47. The van der Waals surface area contributed by atoms with Crippen LogP contribution < -0.4 is 5.32 Å². The standard InChI is InChI=1S/C16H22N5/c1-16(2,3)21-15(19-14-8-9-17-11-18-14)10-13(20-21)12-6-4-5-7-12/h4,8-12H,5-7H2,1-3H3,(H,17,18,19)/t12-/m0/s1. The van der Waals surface area contributed by atoms with Crippen molar-refractivity contribution in [2.45, 2.75) is 51.5 Å². The summed E-state index contributed by atoms with van der Waals surface area (Å²) in [6.07, 6.45) is 9.18. The molecule has 1 fully saturated rings. The van der Waals surface area contributed by atoms with Crippen LogP contribution in [-0.2, 0) is 5.54 Å². The van der Waals surface area contributed by atoms with Gasteiger partial charge in [0, 0.05) is 18.2 Å². The maximum atomic E-state index is 4.85. The van der Waals surface area contributed by atoms with Crippen molar-refractivity contribution in [3.8, 4) is 0 Å². The molecule has 1 N–H and O–H groups in total. The van der Waals surface area contributed by atoms with Gasteiger partial charge < -0.3 is 5.32 Å². The van der Waals surface area contributed by atoms with Gasteiger partial charge in [-0.1, -0.05) is 0 Å². The third-order valence-corrected chi connectivity index (χ3v) is 3.79. The molecule has 0 unspecified atom stereocenters. The number of aromatic nitrogens is 4. The van der Waals surface area contributed by atoms with Crippen LogP contribution in [0.1, 0.15) is 51.6 Å². The van der Waals surface area contributed by atoms with Gasteiger partial charge >= 0.3 is 0 Å². The van der Waals surface area contributed by atoms with Gasteiger partial charge in [-0.2, -0.15) is 5.10 Å². The van der Waals surface area contributed by atoms with Crippen LogP contribution in [0, 0.1) is 6.42 Å². The lowest BCUT2D eigenvalue weighted by molar-refractivity contribution is 0.357. The summed E-state index contributed by atoms with van der Waals surface area (Å²) in [6, 6.07) is 4.03. The lowest BCUT2D eigenvalue weighted by Gasteiger charge is -2.22. The number of rotatable bonds is 3. The largest absolute Gasteiger partial charge is 0.325 e. The smallest absolute Gasteiger partial charge is 0.134 e. The minimum absolute atomic E-state index is 0.0735. The lowest BCUT2D eigenvalue weighted by Crippen LogP contribution is -2.24. The number of anilines is 2. The van der Waals surface area contributed by atoms with E-state index in [0.717, 1.165) is 18.1 Å². The fourth-order valence-corrected chi connectivity index (χ4v) is 2.72. The van der Waals surface area contributed by atoms with Crippen molar-refractivity contribution >= 4 is 11.6 Å². The molecule has 0 bridgehead atoms. The first kappa shape index (κ1) is 14.0. The van der Waals surface area contributed by atoms with Gasteiger partial charge in [0.2, 0.25) is 0 Å². The SMILES string of the molecule is CC(C)(C)n1nc([C@H]2C[CH]CC2)cc1Nc1ccncn1. The number of hydrogen-bond donors (Lipinski definition) is 1. The van der Waals surface area contributed by atoms with Crippen LogP contribution in [0.25, 0.3) is 0 Å². The summed E-state index contributed by atoms with van der Waals surface area (Å²) in [4.78, 5) is 8.18. The molecule has 111 valence electrons. The zero-order valence-electron chi connectivity index (χ0n) is 12.9. The third-order valence-electron chi connectivity index (χ3n) is 3.79. The Balaban J connectivity index is 1.93. The number of nitrogens with one attached hydrogen (secondary N) is 1. The van der Waals surface area contributed by atoms with Gasteiger partial charge in [-0.15, -0.1) is 0 Å². The Morgan fingerprint density at radius 1 is 1.33 bits per heavy atom. The summed E-state index contributed by atoms with van der Waals surface area (Å²) in [6.45, 7) is 6.49. The topological polar surface area (TPSA) is 55.6 Å². The van der Waals surface area contributed by atoms with Crippen molar-refractivity contribution in [2.75, 3.05) is 5.32 Å². The van der Waals surface area contributed by atoms with Crippen LogP contribution in [0.2, 0.25) is 0 Å². The Morgan fingerprint density at radius 2 is 2.19 bits per heavy atom. The Bertz CT molecular complexity index is 591. The van der Waals surface area contributed by atoms with Gasteiger partial charge in [0.05, 0.1) is 11.2 Å². The highest BCUT2D eigenvalue weighted by Crippen LogP contribution is 2.35. The van der Waals surface area contributed by atoms with E-state index in [1.54, 1.807) is 12.5 Å². The van der Waals surface area contributed by atoms with E-state index in [9.17, 15) is 0 Å². The molecule has 1 aliphatic carbocycles. The average molecular weight is 284 g/mol. The monoisotopic (exact) mass is 284 g/mol. The normalized spacial score (nSPS) is 16.3. The Morgan fingerprint density at radius 3 is 2.81 bits per heavy atom. The van der Waals surface area contributed by atoms with Crippen molar-refractivity contribution in [3.05, 3.63) is 36.8 Å². The van der Waals surface area contributed by atoms with Crippen molar-refractivity contribution in [1.82, 2.24) is 19.7 Å². The Kier molecular flexibility index (Phi) is 3.66. The van der Waals surface area contributed by atoms with Gasteiger partial charge in [-0.05, 0) is 52.5 Å². The second-order valence-corrected chi connectivity index (χ2v) is 6.56. The Hall–Kier alpha value is -1.91. The van der Waals surface area contributed by atoms with E-state index >= 15 is 0 Å². The maximum Gasteiger partial charge on any atom is 0.134 e. The summed E-state index contributed by atoms with van der Waals surface area (Å²) >= 11 is 0. The van der Waals surface area contributed by atoms with E-state index < -0.39 is 0 Å². The van der Waals surface area contributed by atoms with Gasteiger partial charge in [-0.25, -0.2) is 14.6 Å². The Labute approximate surface area is 125 Å². The third kappa shape index (κ3) is 3.06. The second-order valence-electron chi connectivity index (χ2n) is 6.56. The van der Waals surface area contributed by atoms with Crippen molar-refractivity contribution in [2.24, 2.45) is 0 Å². The quantitative estimate of drug-likeness (QED) is 0.934. The highest BCUT2D eigenvalue weighted by atomic mass is 15.4. The molecule has 2 aromatic heterocycles. The number of nitrogens with zero attached hydrogens (tertiary/aromatic N) is 4.